The van der Waals surface area contributed by atoms with Gasteiger partial charge in [0.2, 0.25) is 5.91 Å². The van der Waals surface area contributed by atoms with Crippen molar-refractivity contribution < 1.29 is 14.3 Å². The number of thiazole rings is 1. The van der Waals surface area contributed by atoms with Gasteiger partial charge in [-0.05, 0) is 41.3 Å². The predicted octanol–water partition coefficient (Wildman–Crippen LogP) is 4.92. The van der Waals surface area contributed by atoms with E-state index < -0.39 is 0 Å². The lowest BCUT2D eigenvalue weighted by molar-refractivity contribution is -0.118. The third-order valence-corrected chi connectivity index (χ3v) is 5.43. The van der Waals surface area contributed by atoms with E-state index in [0.717, 1.165) is 11.1 Å². The molecule has 0 saturated carbocycles. The summed E-state index contributed by atoms with van der Waals surface area (Å²) >= 11 is 1.34. The van der Waals surface area contributed by atoms with Gasteiger partial charge in [0.25, 0.3) is 5.91 Å². The molecule has 0 aliphatic carbocycles. The van der Waals surface area contributed by atoms with Crippen LogP contribution in [0.1, 0.15) is 30.9 Å². The van der Waals surface area contributed by atoms with Gasteiger partial charge in [-0.3, -0.25) is 14.9 Å². The van der Waals surface area contributed by atoms with Gasteiger partial charge in [0.05, 0.1) is 11.4 Å². The van der Waals surface area contributed by atoms with Crippen LogP contribution in [0.2, 0.25) is 0 Å². The van der Waals surface area contributed by atoms with Gasteiger partial charge in [0.15, 0.2) is 11.7 Å². The quantitative estimate of drug-likeness (QED) is 0.576. The molecular formula is C23H21N3O3S. The Balaban J connectivity index is 1.41. The molecule has 2 heterocycles. The number of fused-ring (bicyclic) bond motifs is 1. The van der Waals surface area contributed by atoms with Crippen molar-refractivity contribution in [3.63, 3.8) is 0 Å². The van der Waals surface area contributed by atoms with Gasteiger partial charge in [0.1, 0.15) is 5.75 Å². The van der Waals surface area contributed by atoms with E-state index in [0.29, 0.717) is 28.2 Å². The summed E-state index contributed by atoms with van der Waals surface area (Å²) in [7, 11) is 0. The number of anilines is 2. The molecule has 1 aliphatic heterocycles. The van der Waals surface area contributed by atoms with E-state index in [9.17, 15) is 9.59 Å². The van der Waals surface area contributed by atoms with E-state index in [2.05, 4.69) is 41.6 Å². The number of benzene rings is 2. The van der Waals surface area contributed by atoms with Crippen molar-refractivity contribution in [2.75, 3.05) is 17.2 Å². The summed E-state index contributed by atoms with van der Waals surface area (Å²) in [6, 6.07) is 13.6. The Morgan fingerprint density at radius 3 is 2.80 bits per heavy atom. The van der Waals surface area contributed by atoms with Gasteiger partial charge in [-0.15, -0.1) is 11.3 Å². The largest absolute Gasteiger partial charge is 0.482 e. The van der Waals surface area contributed by atoms with Gasteiger partial charge in [-0.2, -0.15) is 0 Å². The average molecular weight is 420 g/mol. The Morgan fingerprint density at radius 2 is 2.03 bits per heavy atom. The van der Waals surface area contributed by atoms with Crippen LogP contribution in [0.5, 0.6) is 5.75 Å². The standard InChI is InChI=1S/C23H21N3O3S/c1-14(2)16-6-3-15(4-7-16)5-10-21(27)26-23-25-19(13-30-23)17-8-9-20-18(11-17)24-22(28)12-29-20/h3-11,13-14H,12H2,1-2H3,(H,24,28)(H,25,26,27)/b10-5+. The monoisotopic (exact) mass is 419 g/mol. The molecule has 7 heteroatoms. The smallest absolute Gasteiger partial charge is 0.262 e. The minimum Gasteiger partial charge on any atom is -0.482 e. The Morgan fingerprint density at radius 1 is 1.23 bits per heavy atom. The van der Waals surface area contributed by atoms with Gasteiger partial charge in [0, 0.05) is 17.0 Å². The van der Waals surface area contributed by atoms with E-state index in [4.69, 9.17) is 4.74 Å². The molecule has 2 N–H and O–H groups in total. The summed E-state index contributed by atoms with van der Waals surface area (Å²) < 4.78 is 5.37. The highest BCUT2D eigenvalue weighted by Gasteiger charge is 2.17. The zero-order valence-corrected chi connectivity index (χ0v) is 17.5. The van der Waals surface area contributed by atoms with Crippen molar-refractivity contribution in [3.05, 3.63) is 65.0 Å². The van der Waals surface area contributed by atoms with Crippen molar-refractivity contribution in [1.82, 2.24) is 4.98 Å². The number of aromatic nitrogens is 1. The Labute approximate surface area is 178 Å². The first-order valence-electron chi connectivity index (χ1n) is 9.59. The molecule has 1 aliphatic rings. The molecule has 0 atom stereocenters. The maximum Gasteiger partial charge on any atom is 0.262 e. The summed E-state index contributed by atoms with van der Waals surface area (Å²) in [5.74, 6) is 0.685. The average Bonchev–Trinajstić information content (AvgIpc) is 3.20. The van der Waals surface area contributed by atoms with Crippen LogP contribution in [0.15, 0.2) is 53.9 Å². The fourth-order valence-electron chi connectivity index (χ4n) is 3.02. The zero-order chi connectivity index (χ0) is 21.1. The van der Waals surface area contributed by atoms with Crippen LogP contribution in [-0.2, 0) is 9.59 Å². The summed E-state index contributed by atoms with van der Waals surface area (Å²) in [5, 5.41) is 7.94. The van der Waals surface area contributed by atoms with E-state index in [-0.39, 0.29) is 18.4 Å². The fraction of sp³-hybridized carbons (Fsp3) is 0.174. The van der Waals surface area contributed by atoms with Crippen molar-refractivity contribution in [2.45, 2.75) is 19.8 Å². The first-order valence-corrected chi connectivity index (χ1v) is 10.5. The number of ether oxygens (including phenoxy) is 1. The zero-order valence-electron chi connectivity index (χ0n) is 16.6. The Bertz CT molecular complexity index is 1120. The van der Waals surface area contributed by atoms with Crippen LogP contribution in [0, 0.1) is 0 Å². The highest BCUT2D eigenvalue weighted by Crippen LogP contribution is 2.33. The molecule has 2 aromatic carbocycles. The highest BCUT2D eigenvalue weighted by molar-refractivity contribution is 7.14. The van der Waals surface area contributed by atoms with Crippen LogP contribution >= 0.6 is 11.3 Å². The first-order chi connectivity index (χ1) is 14.5. The summed E-state index contributed by atoms with van der Waals surface area (Å²) in [6.07, 6.45) is 3.28. The number of carbonyl (C=O) groups excluding carboxylic acids is 2. The second kappa shape index (κ2) is 8.51. The maximum atomic E-state index is 12.2. The first kappa shape index (κ1) is 19.8. The second-order valence-corrected chi connectivity index (χ2v) is 8.09. The number of nitrogens with zero attached hydrogens (tertiary/aromatic N) is 1. The van der Waals surface area contributed by atoms with Crippen molar-refractivity contribution in [3.8, 4) is 17.0 Å². The topological polar surface area (TPSA) is 80.3 Å². The van der Waals surface area contributed by atoms with Crippen molar-refractivity contribution in [1.29, 1.82) is 0 Å². The fourth-order valence-corrected chi connectivity index (χ4v) is 3.74. The number of rotatable bonds is 5. The summed E-state index contributed by atoms with van der Waals surface area (Å²) in [4.78, 5) is 28.2. The van der Waals surface area contributed by atoms with E-state index in [1.807, 2.05) is 29.6 Å². The van der Waals surface area contributed by atoms with Crippen LogP contribution < -0.4 is 15.4 Å². The normalized spacial score (nSPS) is 13.1. The minimum atomic E-state index is -0.241. The molecule has 0 unspecified atom stereocenters. The van der Waals surface area contributed by atoms with E-state index in [1.54, 1.807) is 12.1 Å². The molecular weight excluding hydrogens is 398 g/mol. The second-order valence-electron chi connectivity index (χ2n) is 7.23. The lowest BCUT2D eigenvalue weighted by atomic mass is 10.0. The predicted molar refractivity (Wildman–Crippen MR) is 120 cm³/mol. The molecule has 0 bridgehead atoms. The lowest BCUT2D eigenvalue weighted by Gasteiger charge is -2.18. The Hall–Kier alpha value is -3.45. The molecule has 30 heavy (non-hydrogen) atoms. The molecule has 0 radical (unpaired) electrons. The van der Waals surface area contributed by atoms with Gasteiger partial charge >= 0.3 is 0 Å². The molecule has 4 rings (SSSR count). The third-order valence-electron chi connectivity index (χ3n) is 4.67. The third kappa shape index (κ3) is 4.58. The number of amides is 2. The molecule has 0 spiro atoms. The molecule has 0 fully saturated rings. The molecule has 0 saturated heterocycles. The van der Waals surface area contributed by atoms with Crippen LogP contribution in [0.4, 0.5) is 10.8 Å². The summed E-state index contributed by atoms with van der Waals surface area (Å²) in [6.45, 7) is 4.32. The van der Waals surface area contributed by atoms with Gasteiger partial charge < -0.3 is 10.1 Å². The molecule has 152 valence electrons. The Kier molecular flexibility index (Phi) is 5.63. The van der Waals surface area contributed by atoms with Gasteiger partial charge in [-0.25, -0.2) is 4.98 Å². The summed E-state index contributed by atoms with van der Waals surface area (Å²) in [5.41, 5.74) is 4.39. The maximum absolute atomic E-state index is 12.2. The highest BCUT2D eigenvalue weighted by atomic mass is 32.1. The molecule has 2 amide bonds. The molecule has 3 aromatic rings. The lowest BCUT2D eigenvalue weighted by Crippen LogP contribution is -2.25. The minimum absolute atomic E-state index is 0.0224. The van der Waals surface area contributed by atoms with Crippen LogP contribution in [0.3, 0.4) is 0 Å². The number of carbonyl (C=O) groups is 2. The van der Waals surface area contributed by atoms with Crippen molar-refractivity contribution in [2.24, 2.45) is 0 Å². The number of hydrogen-bond donors (Lipinski definition) is 2. The van der Waals surface area contributed by atoms with E-state index >= 15 is 0 Å². The number of nitrogens with one attached hydrogen (secondary N) is 2. The van der Waals surface area contributed by atoms with Crippen LogP contribution in [-0.4, -0.2) is 23.4 Å². The van der Waals surface area contributed by atoms with Gasteiger partial charge in [-0.1, -0.05) is 38.1 Å². The van der Waals surface area contributed by atoms with Crippen LogP contribution in [0.25, 0.3) is 17.3 Å². The van der Waals surface area contributed by atoms with E-state index in [1.165, 1.54) is 23.0 Å². The SMILES string of the molecule is CC(C)c1ccc(/C=C/C(=O)Nc2nc(-c3ccc4c(c3)NC(=O)CO4)cs2)cc1. The molecule has 6 nitrogen and oxygen atoms in total. The van der Waals surface area contributed by atoms with Crippen molar-refractivity contribution >= 4 is 40.0 Å². The molecule has 1 aromatic heterocycles. The number of hydrogen-bond acceptors (Lipinski definition) is 5.